The van der Waals surface area contributed by atoms with E-state index in [1.54, 1.807) is 0 Å². The lowest BCUT2D eigenvalue weighted by Gasteiger charge is -2.26. The predicted molar refractivity (Wildman–Crippen MR) is 79.7 cm³/mol. The first-order valence-corrected chi connectivity index (χ1v) is 7.92. The van der Waals surface area contributed by atoms with Crippen molar-refractivity contribution in [2.75, 3.05) is 5.75 Å². The molecule has 3 heteroatoms. The minimum atomic E-state index is 0.405. The first kappa shape index (κ1) is 13.9. The first-order chi connectivity index (χ1) is 8.76. The molecule has 3 N–H and O–H groups in total. The number of benzene rings is 1. The lowest BCUT2D eigenvalue weighted by molar-refractivity contribution is 0.356. The molecule has 0 fully saturated rings. The van der Waals surface area contributed by atoms with Gasteiger partial charge in [-0.3, -0.25) is 11.3 Å². The van der Waals surface area contributed by atoms with Crippen molar-refractivity contribution in [2.24, 2.45) is 11.8 Å². The first-order valence-electron chi connectivity index (χ1n) is 6.94. The number of nitrogens with two attached hydrogens (primary N) is 1. The summed E-state index contributed by atoms with van der Waals surface area (Å²) in [5.74, 6) is 8.26. The molecule has 0 radical (unpaired) electrons. The second-order valence-electron chi connectivity index (χ2n) is 5.36. The van der Waals surface area contributed by atoms with Crippen molar-refractivity contribution < 1.29 is 0 Å². The van der Waals surface area contributed by atoms with Crippen LogP contribution >= 0.6 is 11.8 Å². The van der Waals surface area contributed by atoms with Crippen LogP contribution in [0.5, 0.6) is 0 Å². The Morgan fingerprint density at radius 1 is 1.44 bits per heavy atom. The molecule has 0 amide bonds. The molecule has 3 unspecified atom stereocenters. The molecule has 1 aliphatic heterocycles. The summed E-state index contributed by atoms with van der Waals surface area (Å²) in [6, 6.07) is 9.15. The zero-order valence-electron chi connectivity index (χ0n) is 11.4. The molecule has 1 aromatic rings. The van der Waals surface area contributed by atoms with E-state index in [1.165, 1.54) is 29.7 Å². The van der Waals surface area contributed by atoms with Crippen LogP contribution in [0.15, 0.2) is 29.2 Å². The summed E-state index contributed by atoms with van der Waals surface area (Å²) < 4.78 is 0. The Labute approximate surface area is 115 Å². The summed E-state index contributed by atoms with van der Waals surface area (Å²) in [6.07, 6.45) is 3.72. The maximum absolute atomic E-state index is 5.79. The van der Waals surface area contributed by atoms with Crippen LogP contribution in [0, 0.1) is 5.92 Å². The summed E-state index contributed by atoms with van der Waals surface area (Å²) in [6.45, 7) is 4.59. The van der Waals surface area contributed by atoms with Gasteiger partial charge in [0.1, 0.15) is 0 Å². The molecule has 1 heterocycles. The minimum absolute atomic E-state index is 0.405. The number of thioether (sulfide) groups is 1. The van der Waals surface area contributed by atoms with Crippen molar-refractivity contribution in [1.29, 1.82) is 0 Å². The van der Waals surface area contributed by atoms with E-state index in [0.29, 0.717) is 12.0 Å². The van der Waals surface area contributed by atoms with Gasteiger partial charge in [-0.05, 0) is 24.0 Å². The summed E-state index contributed by atoms with van der Waals surface area (Å²) in [4.78, 5) is 1.44. The molecule has 0 aliphatic carbocycles. The highest BCUT2D eigenvalue weighted by Gasteiger charge is 2.30. The highest BCUT2D eigenvalue weighted by Crippen LogP contribution is 2.42. The zero-order valence-corrected chi connectivity index (χ0v) is 12.2. The van der Waals surface area contributed by atoms with E-state index in [1.807, 2.05) is 11.8 Å². The van der Waals surface area contributed by atoms with Gasteiger partial charge in [-0.15, -0.1) is 11.8 Å². The van der Waals surface area contributed by atoms with Crippen LogP contribution < -0.4 is 11.3 Å². The van der Waals surface area contributed by atoms with Crippen LogP contribution in [0.2, 0.25) is 0 Å². The second-order valence-corrected chi connectivity index (χ2v) is 6.42. The minimum Gasteiger partial charge on any atom is -0.271 e. The number of hydrogen-bond acceptors (Lipinski definition) is 3. The molecule has 0 aromatic heterocycles. The van der Waals surface area contributed by atoms with Gasteiger partial charge in [-0.2, -0.15) is 0 Å². The van der Waals surface area contributed by atoms with Crippen LogP contribution in [0.4, 0.5) is 0 Å². The Kier molecular flexibility index (Phi) is 5.10. The highest BCUT2D eigenvalue weighted by atomic mass is 32.2. The molecular weight excluding hydrogens is 240 g/mol. The number of fused-ring (bicyclic) bond motifs is 1. The van der Waals surface area contributed by atoms with E-state index in [2.05, 4.69) is 43.5 Å². The highest BCUT2D eigenvalue weighted by molar-refractivity contribution is 7.99. The van der Waals surface area contributed by atoms with Gasteiger partial charge in [0.05, 0.1) is 0 Å². The fourth-order valence-electron chi connectivity index (χ4n) is 2.91. The zero-order chi connectivity index (χ0) is 13.0. The third kappa shape index (κ3) is 3.08. The van der Waals surface area contributed by atoms with E-state index in [9.17, 15) is 0 Å². The summed E-state index contributed by atoms with van der Waals surface area (Å²) >= 11 is 1.96. The van der Waals surface area contributed by atoms with Crippen molar-refractivity contribution in [3.63, 3.8) is 0 Å². The Balaban J connectivity index is 2.06. The molecule has 1 aliphatic rings. The predicted octanol–water partition coefficient (Wildman–Crippen LogP) is 3.53. The maximum atomic E-state index is 5.79. The fraction of sp³-hybridized carbons (Fsp3) is 0.600. The monoisotopic (exact) mass is 264 g/mol. The Morgan fingerprint density at radius 3 is 2.94 bits per heavy atom. The van der Waals surface area contributed by atoms with Crippen molar-refractivity contribution in [3.8, 4) is 0 Å². The van der Waals surface area contributed by atoms with Gasteiger partial charge in [0.25, 0.3) is 0 Å². The van der Waals surface area contributed by atoms with Gasteiger partial charge >= 0.3 is 0 Å². The summed E-state index contributed by atoms with van der Waals surface area (Å²) in [5.41, 5.74) is 4.54. The normalized spacial score (nSPS) is 21.6. The van der Waals surface area contributed by atoms with Crippen molar-refractivity contribution >= 4 is 11.8 Å². The van der Waals surface area contributed by atoms with Crippen LogP contribution in [0.3, 0.4) is 0 Å². The maximum Gasteiger partial charge on any atom is 0.0290 e. The van der Waals surface area contributed by atoms with E-state index < -0.39 is 0 Å². The molecule has 2 rings (SSSR count). The molecule has 0 saturated carbocycles. The Morgan fingerprint density at radius 2 is 2.22 bits per heavy atom. The van der Waals surface area contributed by atoms with Gasteiger partial charge in [-0.25, -0.2) is 0 Å². The van der Waals surface area contributed by atoms with Crippen LogP contribution in [-0.4, -0.2) is 11.8 Å². The van der Waals surface area contributed by atoms with Crippen molar-refractivity contribution in [2.45, 2.75) is 50.0 Å². The third-order valence-corrected chi connectivity index (χ3v) is 5.08. The van der Waals surface area contributed by atoms with Crippen LogP contribution in [-0.2, 0) is 0 Å². The number of nitrogens with one attached hydrogen (secondary N) is 1. The molecule has 0 saturated heterocycles. The van der Waals surface area contributed by atoms with E-state index in [0.717, 1.165) is 11.7 Å². The van der Waals surface area contributed by atoms with Gasteiger partial charge in [0, 0.05) is 22.6 Å². The van der Waals surface area contributed by atoms with Gasteiger partial charge in [0.15, 0.2) is 0 Å². The van der Waals surface area contributed by atoms with Crippen molar-refractivity contribution in [3.05, 3.63) is 29.8 Å². The summed E-state index contributed by atoms with van der Waals surface area (Å²) in [5, 5.41) is 0. The fourth-order valence-corrected chi connectivity index (χ4v) is 4.25. The molecular formula is C15H24N2S. The Hall–Kier alpha value is -0.510. The van der Waals surface area contributed by atoms with Crippen molar-refractivity contribution in [1.82, 2.24) is 5.43 Å². The molecule has 3 atom stereocenters. The van der Waals surface area contributed by atoms with E-state index >= 15 is 0 Å². The molecule has 2 nitrogen and oxygen atoms in total. The molecule has 100 valence electrons. The number of hydrazine groups is 1. The smallest absolute Gasteiger partial charge is 0.0290 e. The molecule has 0 spiro atoms. The van der Waals surface area contributed by atoms with Gasteiger partial charge in [-0.1, -0.05) is 44.9 Å². The quantitative estimate of drug-likeness (QED) is 0.610. The van der Waals surface area contributed by atoms with Gasteiger partial charge < -0.3 is 0 Å². The second kappa shape index (κ2) is 6.60. The number of hydrogen-bond donors (Lipinski definition) is 2. The van der Waals surface area contributed by atoms with Crippen LogP contribution in [0.25, 0.3) is 0 Å². The molecule has 1 aromatic carbocycles. The average molecular weight is 264 g/mol. The van der Waals surface area contributed by atoms with Gasteiger partial charge in [0.2, 0.25) is 0 Å². The molecule has 0 bridgehead atoms. The standard InChI is InChI=1S/C15H24N2S/c1-3-6-11(2)9-14(17-16)13-10-18-15-8-5-4-7-12(13)15/h4-5,7-8,11,13-14,17H,3,6,9-10,16H2,1-2H3. The third-order valence-electron chi connectivity index (χ3n) is 3.87. The average Bonchev–Trinajstić information content (AvgIpc) is 2.80. The van der Waals surface area contributed by atoms with E-state index in [-0.39, 0.29) is 0 Å². The lowest BCUT2D eigenvalue weighted by atomic mass is 9.86. The lowest BCUT2D eigenvalue weighted by Crippen LogP contribution is -2.41. The molecule has 18 heavy (non-hydrogen) atoms. The SMILES string of the molecule is CCCC(C)CC(NN)C1CSc2ccccc21. The summed E-state index contributed by atoms with van der Waals surface area (Å²) in [7, 11) is 0. The van der Waals surface area contributed by atoms with E-state index in [4.69, 9.17) is 5.84 Å². The van der Waals surface area contributed by atoms with Crippen LogP contribution in [0.1, 0.15) is 44.6 Å². The largest absolute Gasteiger partial charge is 0.271 e. The topological polar surface area (TPSA) is 38.0 Å². The Bertz CT molecular complexity index is 381. The number of rotatable bonds is 6.